The lowest BCUT2D eigenvalue weighted by molar-refractivity contribution is 0.682. The van der Waals surface area contributed by atoms with Crippen LogP contribution < -0.4 is 5.32 Å². The predicted octanol–water partition coefficient (Wildman–Crippen LogP) is 3.63. The molecule has 0 saturated heterocycles. The molecule has 0 radical (unpaired) electrons. The van der Waals surface area contributed by atoms with Gasteiger partial charge in [-0.2, -0.15) is 0 Å². The largest absolute Gasteiger partial charge is 0.357 e. The highest BCUT2D eigenvalue weighted by molar-refractivity contribution is 7.15. The van der Waals surface area contributed by atoms with Crippen molar-refractivity contribution in [3.63, 3.8) is 0 Å². The van der Waals surface area contributed by atoms with Crippen molar-refractivity contribution >= 4 is 16.5 Å². The molecule has 0 spiro atoms. The summed E-state index contributed by atoms with van der Waals surface area (Å²) in [5.74, 6) is 0. The van der Waals surface area contributed by atoms with E-state index in [1.807, 2.05) is 17.4 Å². The van der Waals surface area contributed by atoms with Gasteiger partial charge >= 0.3 is 0 Å². The number of hydrogen-bond acceptors (Lipinski definition) is 3. The molecule has 0 fully saturated rings. The van der Waals surface area contributed by atoms with Crippen molar-refractivity contribution in [1.29, 1.82) is 0 Å². The van der Waals surface area contributed by atoms with Crippen molar-refractivity contribution in [2.75, 3.05) is 5.32 Å². The van der Waals surface area contributed by atoms with Crippen LogP contribution in [0.2, 0.25) is 0 Å². The Morgan fingerprint density at radius 3 is 2.76 bits per heavy atom. The Bertz CT molecular complexity index is 467. The smallest absolute Gasteiger partial charge is 0.183 e. The summed E-state index contributed by atoms with van der Waals surface area (Å²) in [5.41, 5.74) is 2.64. The average molecular weight is 244 g/mol. The molecule has 1 aliphatic rings. The van der Waals surface area contributed by atoms with E-state index in [1.54, 1.807) is 0 Å². The molecular weight excluding hydrogens is 228 g/mol. The fourth-order valence-electron chi connectivity index (χ4n) is 2.20. The van der Waals surface area contributed by atoms with Crippen LogP contribution in [0.1, 0.15) is 29.0 Å². The average Bonchev–Trinajstić information content (AvgIpc) is 2.80. The minimum absolute atomic E-state index is 0.868. The molecule has 0 aliphatic heterocycles. The number of anilines is 1. The van der Waals surface area contributed by atoms with Crippen LogP contribution in [0.5, 0.6) is 0 Å². The first-order valence-electron chi connectivity index (χ1n) is 6.18. The summed E-state index contributed by atoms with van der Waals surface area (Å²) in [4.78, 5) is 6.17. The van der Waals surface area contributed by atoms with Crippen LogP contribution in [0.15, 0.2) is 30.3 Å². The molecule has 0 unspecified atom stereocenters. The van der Waals surface area contributed by atoms with Gasteiger partial charge in [0.05, 0.1) is 5.69 Å². The number of fused-ring (bicyclic) bond motifs is 1. The summed E-state index contributed by atoms with van der Waals surface area (Å²) in [5, 5.41) is 4.51. The second kappa shape index (κ2) is 4.88. The van der Waals surface area contributed by atoms with Gasteiger partial charge in [-0.3, -0.25) is 0 Å². The van der Waals surface area contributed by atoms with Crippen LogP contribution in [0.25, 0.3) is 0 Å². The second-order valence-electron chi connectivity index (χ2n) is 4.44. The molecule has 3 heteroatoms. The fraction of sp³-hybridized carbons (Fsp3) is 0.357. The maximum absolute atomic E-state index is 4.67. The van der Waals surface area contributed by atoms with Gasteiger partial charge < -0.3 is 5.32 Å². The number of hydrogen-bond donors (Lipinski definition) is 1. The van der Waals surface area contributed by atoms with E-state index in [9.17, 15) is 0 Å². The van der Waals surface area contributed by atoms with Crippen LogP contribution in [-0.2, 0) is 19.4 Å². The van der Waals surface area contributed by atoms with E-state index in [2.05, 4.69) is 34.6 Å². The summed E-state index contributed by atoms with van der Waals surface area (Å²) in [6.07, 6.45) is 5.01. The molecule has 3 rings (SSSR count). The molecule has 0 atom stereocenters. The van der Waals surface area contributed by atoms with Gasteiger partial charge in [-0.15, -0.1) is 11.3 Å². The van der Waals surface area contributed by atoms with E-state index >= 15 is 0 Å². The Morgan fingerprint density at radius 1 is 1.12 bits per heavy atom. The van der Waals surface area contributed by atoms with Crippen molar-refractivity contribution in [3.8, 4) is 0 Å². The SMILES string of the molecule is c1ccc(CNc2nc3c(s2)CCCC3)cc1. The molecule has 0 saturated carbocycles. The summed E-state index contributed by atoms with van der Waals surface area (Å²) in [6, 6.07) is 10.5. The molecule has 1 aromatic carbocycles. The van der Waals surface area contributed by atoms with E-state index in [4.69, 9.17) is 0 Å². The van der Waals surface area contributed by atoms with Gasteiger partial charge in [0, 0.05) is 11.4 Å². The zero-order chi connectivity index (χ0) is 11.5. The van der Waals surface area contributed by atoms with Crippen molar-refractivity contribution in [2.45, 2.75) is 32.2 Å². The van der Waals surface area contributed by atoms with Crippen LogP contribution in [0.3, 0.4) is 0 Å². The zero-order valence-electron chi connectivity index (χ0n) is 9.78. The first-order valence-corrected chi connectivity index (χ1v) is 7.00. The molecule has 0 bridgehead atoms. The van der Waals surface area contributed by atoms with Gasteiger partial charge in [0.25, 0.3) is 0 Å². The predicted molar refractivity (Wildman–Crippen MR) is 72.5 cm³/mol. The number of benzene rings is 1. The van der Waals surface area contributed by atoms with Gasteiger partial charge in [0.1, 0.15) is 0 Å². The number of aromatic nitrogens is 1. The Kier molecular flexibility index (Phi) is 3.10. The van der Waals surface area contributed by atoms with E-state index < -0.39 is 0 Å². The number of nitrogens with one attached hydrogen (secondary N) is 1. The number of aryl methyl sites for hydroxylation is 2. The third-order valence-electron chi connectivity index (χ3n) is 3.13. The highest BCUT2D eigenvalue weighted by Crippen LogP contribution is 2.29. The van der Waals surface area contributed by atoms with Crippen LogP contribution in [0, 0.1) is 0 Å². The highest BCUT2D eigenvalue weighted by Gasteiger charge is 2.14. The van der Waals surface area contributed by atoms with Gasteiger partial charge in [-0.05, 0) is 31.2 Å². The number of nitrogens with zero attached hydrogens (tertiary/aromatic N) is 1. The standard InChI is InChI=1S/C14H16N2S/c1-2-6-11(7-3-1)10-15-14-16-12-8-4-5-9-13(12)17-14/h1-3,6-7H,4-5,8-10H2,(H,15,16). The molecule has 17 heavy (non-hydrogen) atoms. The topological polar surface area (TPSA) is 24.9 Å². The molecule has 2 nitrogen and oxygen atoms in total. The van der Waals surface area contributed by atoms with Gasteiger partial charge in [-0.25, -0.2) is 4.98 Å². The zero-order valence-corrected chi connectivity index (χ0v) is 10.6. The molecule has 2 aromatic rings. The maximum Gasteiger partial charge on any atom is 0.183 e. The third-order valence-corrected chi connectivity index (χ3v) is 4.25. The molecule has 1 heterocycles. The Morgan fingerprint density at radius 2 is 1.94 bits per heavy atom. The van der Waals surface area contributed by atoms with E-state index in [0.29, 0.717) is 0 Å². The normalized spacial score (nSPS) is 14.4. The summed E-state index contributed by atoms with van der Waals surface area (Å²) in [7, 11) is 0. The lowest BCUT2D eigenvalue weighted by atomic mass is 10.0. The number of rotatable bonds is 3. The van der Waals surface area contributed by atoms with Crippen LogP contribution >= 0.6 is 11.3 Å². The first-order chi connectivity index (χ1) is 8.42. The molecule has 88 valence electrons. The van der Waals surface area contributed by atoms with Crippen molar-refractivity contribution in [2.24, 2.45) is 0 Å². The van der Waals surface area contributed by atoms with Crippen LogP contribution in [-0.4, -0.2) is 4.98 Å². The van der Waals surface area contributed by atoms with Crippen molar-refractivity contribution in [1.82, 2.24) is 4.98 Å². The van der Waals surface area contributed by atoms with Crippen molar-refractivity contribution < 1.29 is 0 Å². The minimum Gasteiger partial charge on any atom is -0.357 e. The molecule has 1 aromatic heterocycles. The highest BCUT2D eigenvalue weighted by atomic mass is 32.1. The van der Waals surface area contributed by atoms with Crippen molar-refractivity contribution in [3.05, 3.63) is 46.5 Å². The molecule has 1 N–H and O–H groups in total. The Labute approximate surface area is 106 Å². The summed E-state index contributed by atoms with van der Waals surface area (Å²) < 4.78 is 0. The Balaban J connectivity index is 1.67. The summed E-state index contributed by atoms with van der Waals surface area (Å²) >= 11 is 1.83. The maximum atomic E-state index is 4.67. The number of thiazole rings is 1. The molecule has 1 aliphatic carbocycles. The molecule has 0 amide bonds. The van der Waals surface area contributed by atoms with Gasteiger partial charge in [0.15, 0.2) is 5.13 Å². The van der Waals surface area contributed by atoms with Gasteiger partial charge in [0.2, 0.25) is 0 Å². The lowest BCUT2D eigenvalue weighted by Gasteiger charge is -2.06. The quantitative estimate of drug-likeness (QED) is 0.891. The fourth-order valence-corrected chi connectivity index (χ4v) is 3.25. The van der Waals surface area contributed by atoms with E-state index in [1.165, 1.54) is 41.8 Å². The monoisotopic (exact) mass is 244 g/mol. The minimum atomic E-state index is 0.868. The van der Waals surface area contributed by atoms with Gasteiger partial charge in [-0.1, -0.05) is 30.3 Å². The third kappa shape index (κ3) is 2.50. The second-order valence-corrected chi connectivity index (χ2v) is 5.52. The van der Waals surface area contributed by atoms with E-state index in [-0.39, 0.29) is 0 Å². The molecular formula is C14H16N2S. The van der Waals surface area contributed by atoms with Crippen LogP contribution in [0.4, 0.5) is 5.13 Å². The van der Waals surface area contributed by atoms with E-state index in [0.717, 1.165) is 11.7 Å². The summed E-state index contributed by atoms with van der Waals surface area (Å²) in [6.45, 7) is 0.868. The Hall–Kier alpha value is -1.35. The first kappa shape index (κ1) is 10.8. The lowest BCUT2D eigenvalue weighted by Crippen LogP contribution is -2.00.